The number of fused-ring (bicyclic) bond motifs is 3. The second-order valence-electron chi connectivity index (χ2n) is 22.4. The van der Waals surface area contributed by atoms with Crippen LogP contribution in [0, 0.1) is 30.3 Å². The van der Waals surface area contributed by atoms with E-state index in [2.05, 4.69) is 25.6 Å². The number of piperazine rings is 1. The first-order valence-electron chi connectivity index (χ1n) is 30.3. The molecular formula is C67H71KN12O19. The quantitative estimate of drug-likeness (QED) is 0.0131. The van der Waals surface area contributed by atoms with Crippen LogP contribution in [0.4, 0.5) is 17.1 Å². The number of phenolic OH excluding ortho intramolecular Hbond substituents is 3. The maximum Gasteiger partial charge on any atom is 1.00 e. The van der Waals surface area contributed by atoms with Crippen LogP contribution in [0.5, 0.6) is 17.2 Å². The number of aliphatic hydroxyl groups excluding tert-OH is 1. The van der Waals surface area contributed by atoms with Gasteiger partial charge in [0.25, 0.3) is 34.8 Å². The molecule has 0 unspecified atom stereocenters. The number of rotatable bonds is 20. The monoisotopic (exact) mass is 1390 g/mol. The number of benzene rings is 6. The summed E-state index contributed by atoms with van der Waals surface area (Å²) in [7, 11) is 9.53. The van der Waals surface area contributed by atoms with Crippen LogP contribution >= 0.6 is 0 Å². The van der Waals surface area contributed by atoms with Crippen LogP contribution < -0.4 is 62.0 Å². The standard InChI is InChI=1S/3C22H22N4O6.CH4.K.H2O/c1-24-18(10-14-12-23-16-7-4-8-17(19(14)16)26(31)32)20(28)25(2)22(30,21(24)29)11-13-5-3-6-15(27)9-13;2*1-23-21(29)18(11-14-12-24-16-7-4-8-17(20(14)16)26(31)32)25(2)22(30)19(28)10-13-5-3-6-15(27)9-13;;;/h3-9,12,18,23,27,30H,10-11H2,1-2H3;3-9,12,18,24,27H,10-11H2,1-2H3,(H,23,29);3-10,12,18,24,27-28H,11H2,1-2H3,(H,23,29);1H4;;1H2/q;;;;+1;/p-1/b;;19-10+;;;/t18-,22+;2*18-;;;/m000.../s1/i;;;1T;;. The number of non-ortho nitro benzene ring substituents is 3. The Balaban J connectivity index is 0.000000264. The number of H-pyrrole nitrogens is 3. The number of aromatic nitrogens is 3. The third-order valence-electron chi connectivity index (χ3n) is 16.4. The minimum absolute atomic E-state index is 0. The van der Waals surface area contributed by atoms with E-state index in [4.69, 9.17) is 1.37 Å². The Morgan fingerprint density at radius 1 is 0.636 bits per heavy atom. The van der Waals surface area contributed by atoms with Crippen molar-refractivity contribution < 1.29 is 132 Å². The second-order valence-corrected chi connectivity index (χ2v) is 22.4. The predicted molar refractivity (Wildman–Crippen MR) is 358 cm³/mol. The van der Waals surface area contributed by atoms with E-state index in [9.17, 15) is 89.4 Å². The zero-order valence-corrected chi connectivity index (χ0v) is 57.9. The molecule has 1 aliphatic rings. The number of aromatic amines is 3. The number of Topliss-reactive ketones (excluding diaryl/α,β-unsaturated/α-hetero) is 1. The minimum Gasteiger partial charge on any atom is -0.870 e. The van der Waals surface area contributed by atoms with Crippen molar-refractivity contribution in [1.29, 1.82) is 0 Å². The summed E-state index contributed by atoms with van der Waals surface area (Å²) in [6.45, 7) is 0. The number of nitro benzene ring substituents is 3. The second kappa shape index (κ2) is 33.9. The van der Waals surface area contributed by atoms with E-state index in [0.29, 0.717) is 66.1 Å². The summed E-state index contributed by atoms with van der Waals surface area (Å²) < 4.78 is 5.75. The molecule has 514 valence electrons. The molecule has 32 heteroatoms. The molecule has 4 atom stereocenters. The topological polar surface area (TPSA) is 464 Å². The largest absolute Gasteiger partial charge is 1.00 e. The van der Waals surface area contributed by atoms with Gasteiger partial charge in [-0.1, -0.05) is 62.0 Å². The molecule has 0 aliphatic carbocycles. The number of hydrogen-bond donors (Lipinski definition) is 10. The third-order valence-corrected chi connectivity index (χ3v) is 16.4. The molecular weight excluding hydrogens is 1320 g/mol. The van der Waals surface area contributed by atoms with Crippen LogP contribution in [-0.2, 0) is 65.7 Å². The average molecular weight is 1390 g/mol. The van der Waals surface area contributed by atoms with Crippen molar-refractivity contribution in [2.45, 2.75) is 63.4 Å². The molecule has 1 saturated heterocycles. The number of phenols is 3. The van der Waals surface area contributed by atoms with Gasteiger partial charge in [0.1, 0.15) is 35.4 Å². The van der Waals surface area contributed by atoms with Gasteiger partial charge in [0.15, 0.2) is 5.76 Å². The van der Waals surface area contributed by atoms with E-state index in [1.165, 1.54) is 115 Å². The predicted octanol–water partition coefficient (Wildman–Crippen LogP) is 3.22. The van der Waals surface area contributed by atoms with Gasteiger partial charge in [-0.05, 0) is 94.1 Å². The summed E-state index contributed by atoms with van der Waals surface area (Å²) in [5.74, 6) is -5.35. The van der Waals surface area contributed by atoms with Crippen LogP contribution in [0.25, 0.3) is 38.8 Å². The van der Waals surface area contributed by atoms with E-state index in [0.717, 1.165) is 14.7 Å². The van der Waals surface area contributed by atoms with Crippen molar-refractivity contribution in [3.8, 4) is 17.2 Å². The van der Waals surface area contributed by atoms with Gasteiger partial charge in [0.05, 0.1) is 47.5 Å². The summed E-state index contributed by atoms with van der Waals surface area (Å²) in [4.78, 5) is 136. The zero-order chi connectivity index (χ0) is 72.0. The first kappa shape index (κ1) is 77.1. The molecule has 0 spiro atoms. The van der Waals surface area contributed by atoms with Gasteiger partial charge in [-0.3, -0.25) is 63.9 Å². The van der Waals surface area contributed by atoms with Gasteiger partial charge in [0, 0.05) is 113 Å². The first-order valence-corrected chi connectivity index (χ1v) is 29.3. The molecule has 0 radical (unpaired) electrons. The number of hydrogen-bond acceptors (Lipinski definition) is 19. The Morgan fingerprint density at radius 2 is 1.03 bits per heavy atom. The Morgan fingerprint density at radius 3 is 1.46 bits per heavy atom. The summed E-state index contributed by atoms with van der Waals surface area (Å²) in [5, 5.41) is 90.7. The van der Waals surface area contributed by atoms with E-state index in [1.54, 1.807) is 91.4 Å². The number of nitrogens with one attached hydrogen (secondary N) is 5. The van der Waals surface area contributed by atoms with Gasteiger partial charge in [-0.2, -0.15) is 0 Å². The SMILES string of the molecule is CN1C(=O)[C@](O)(Cc2cccc(O)c2)N(C)C(=O)[C@@H]1Cc1c[nH]c2cccc([N+](=O)[O-])c12.CNC(=O)[C@H](Cc1c[nH]c2cccc([N+](=O)[O-])c12)N(C)C(=O)/C(O)=C\c1cccc(O)c1.CNC(=O)[C@H](Cc1c[nH]c2cccc([N+](=O)[O-])c12)N(C)C(=O)C(=O)Cc1cccc(O)c1.[3H]C.[K+].[OH-]. The Hall–Kier alpha value is -10.9. The molecule has 6 amide bonds. The molecule has 31 nitrogen and oxygen atoms in total. The summed E-state index contributed by atoms with van der Waals surface area (Å²) in [6, 6.07) is 28.8. The maximum atomic E-state index is 13.2. The van der Waals surface area contributed by atoms with Crippen molar-refractivity contribution in [3.05, 3.63) is 215 Å². The number of carbonyl (C=O) groups is 7. The van der Waals surface area contributed by atoms with Gasteiger partial charge in [0.2, 0.25) is 29.2 Å². The molecule has 4 heterocycles. The number of nitrogens with zero attached hydrogens (tertiary/aromatic N) is 7. The molecule has 10 rings (SSSR count). The van der Waals surface area contributed by atoms with E-state index >= 15 is 0 Å². The van der Waals surface area contributed by atoms with Gasteiger partial charge in [-0.25, -0.2) is 0 Å². The smallest absolute Gasteiger partial charge is 0.870 e. The zero-order valence-electron chi connectivity index (χ0n) is 55.8. The van der Waals surface area contributed by atoms with Gasteiger partial charge in [-0.15, -0.1) is 0 Å². The van der Waals surface area contributed by atoms with Crippen LogP contribution in [-0.4, -0.2) is 188 Å². The molecule has 6 aromatic carbocycles. The number of likely N-dealkylation sites (N-methyl/N-ethyl adjacent to an activating group) is 6. The molecule has 3 aromatic heterocycles. The summed E-state index contributed by atoms with van der Waals surface area (Å²) in [6.07, 6.45) is 5.44. The number of ketones is 1. The van der Waals surface area contributed by atoms with Crippen LogP contribution in [0.1, 0.15) is 42.2 Å². The number of nitro groups is 3. The van der Waals surface area contributed by atoms with Crippen molar-refractivity contribution >= 4 is 97.1 Å². The number of aromatic hydroxyl groups is 3. The van der Waals surface area contributed by atoms with Crippen LogP contribution in [0.2, 0.25) is 0 Å². The normalized spacial score (nSPS) is 14.8. The number of carbonyl (C=O) groups excluding carboxylic acids is 7. The fourth-order valence-electron chi connectivity index (χ4n) is 11.3. The molecule has 1 fully saturated rings. The summed E-state index contributed by atoms with van der Waals surface area (Å²) >= 11 is 0. The average Bonchev–Trinajstić information content (AvgIpc) is 1.46. The van der Waals surface area contributed by atoms with E-state index < -0.39 is 85.6 Å². The minimum atomic E-state index is -2.12. The number of aliphatic hydroxyl groups is 2. The third kappa shape index (κ3) is 17.7. The molecule has 0 bridgehead atoms. The van der Waals surface area contributed by atoms with Crippen LogP contribution in [0.15, 0.2) is 152 Å². The first-order chi connectivity index (χ1) is 46.6. The molecule has 1 aliphatic heterocycles. The fourth-order valence-corrected chi connectivity index (χ4v) is 11.3. The maximum absolute atomic E-state index is 13.2. The van der Waals surface area contributed by atoms with Crippen LogP contribution in [0.3, 0.4) is 0 Å². The van der Waals surface area contributed by atoms with E-state index in [-0.39, 0.29) is 123 Å². The van der Waals surface area contributed by atoms with Crippen molar-refractivity contribution in [2.75, 3.05) is 42.3 Å². The van der Waals surface area contributed by atoms with Crippen molar-refractivity contribution in [1.82, 2.24) is 45.2 Å². The van der Waals surface area contributed by atoms with E-state index in [1.807, 2.05) is 0 Å². The summed E-state index contributed by atoms with van der Waals surface area (Å²) in [5.41, 5.74) is 1.98. The molecule has 0 saturated carbocycles. The molecule has 9 aromatic rings. The van der Waals surface area contributed by atoms with Crippen molar-refractivity contribution in [3.63, 3.8) is 0 Å². The number of amides is 6. The molecule has 99 heavy (non-hydrogen) atoms. The Labute approximate surface area is 608 Å². The van der Waals surface area contributed by atoms with Gasteiger partial charge < -0.3 is 76.2 Å². The van der Waals surface area contributed by atoms with Gasteiger partial charge >= 0.3 is 51.4 Å². The van der Waals surface area contributed by atoms with Crippen molar-refractivity contribution in [2.24, 2.45) is 0 Å². The fraction of sp³-hybridized carbons (Fsp3) is 0.239. The Bertz CT molecular complexity index is 4580. The Kier molecular flexibility index (Phi) is 26.4. The molecule has 11 N–H and O–H groups in total.